The number of pyridine rings is 1. The second kappa shape index (κ2) is 9.65. The number of hydrogen-bond donors (Lipinski definition) is 1. The maximum atomic E-state index is 14.2. The highest BCUT2D eigenvalue weighted by Gasteiger charge is 2.33. The zero-order valence-electron chi connectivity index (χ0n) is 17.2. The van der Waals surface area contributed by atoms with Crippen LogP contribution in [0.2, 0.25) is 0 Å². The second-order valence-electron chi connectivity index (χ2n) is 8.57. The number of carbonyl (C=O) groups excluding carboxylic acids is 1. The second-order valence-corrected chi connectivity index (χ2v) is 8.57. The van der Waals surface area contributed by atoms with E-state index in [4.69, 9.17) is 0 Å². The van der Waals surface area contributed by atoms with E-state index in [2.05, 4.69) is 15.2 Å². The molecule has 30 heavy (non-hydrogen) atoms. The molecule has 1 aliphatic carbocycles. The smallest absolute Gasteiger partial charge is 0.223 e. The van der Waals surface area contributed by atoms with E-state index in [0.717, 1.165) is 56.8 Å². The monoisotopic (exact) mass is 413 g/mol. The van der Waals surface area contributed by atoms with Crippen LogP contribution in [0.5, 0.6) is 0 Å². The molecule has 160 valence electrons. The van der Waals surface area contributed by atoms with Crippen LogP contribution in [0.15, 0.2) is 42.6 Å². The quantitative estimate of drug-likeness (QED) is 0.752. The van der Waals surface area contributed by atoms with Crippen molar-refractivity contribution in [2.45, 2.75) is 51.1 Å². The highest BCUT2D eigenvalue weighted by molar-refractivity contribution is 5.79. The predicted molar refractivity (Wildman–Crippen MR) is 111 cm³/mol. The lowest BCUT2D eigenvalue weighted by Crippen LogP contribution is -2.44. The molecule has 0 bridgehead atoms. The van der Waals surface area contributed by atoms with Gasteiger partial charge in [-0.05, 0) is 56.3 Å². The van der Waals surface area contributed by atoms with Crippen molar-refractivity contribution >= 4 is 5.91 Å². The van der Waals surface area contributed by atoms with Crippen LogP contribution >= 0.6 is 0 Å². The van der Waals surface area contributed by atoms with E-state index < -0.39 is 11.6 Å². The van der Waals surface area contributed by atoms with Gasteiger partial charge in [-0.1, -0.05) is 31.0 Å². The van der Waals surface area contributed by atoms with Crippen LogP contribution in [-0.4, -0.2) is 28.9 Å². The number of piperidine rings is 1. The van der Waals surface area contributed by atoms with Crippen LogP contribution in [0.25, 0.3) is 0 Å². The van der Waals surface area contributed by atoms with Gasteiger partial charge in [-0.15, -0.1) is 0 Å². The molecule has 2 aliphatic rings. The molecule has 2 aromatic rings. The third-order valence-electron chi connectivity index (χ3n) is 6.47. The van der Waals surface area contributed by atoms with Gasteiger partial charge in [-0.2, -0.15) is 0 Å². The number of carbonyl (C=O) groups is 1. The van der Waals surface area contributed by atoms with Crippen LogP contribution in [0.3, 0.4) is 0 Å². The summed E-state index contributed by atoms with van der Waals surface area (Å²) in [7, 11) is 0. The standard InChI is InChI=1S/C24H29F2N3O/c25-20-11-5-9-18(22(20)26)15-29-14-6-10-19(16-29)23(21-12-3-4-13-27-21)28-24(30)17-7-1-2-8-17/h3-5,9,11-13,17,19,23H,1-2,6-8,10,14-16H2,(H,28,30)/t19-,23-/m0/s1. The molecule has 6 heteroatoms. The molecule has 0 radical (unpaired) electrons. The first-order valence-corrected chi connectivity index (χ1v) is 11.0. The van der Waals surface area contributed by atoms with E-state index in [0.29, 0.717) is 18.7 Å². The van der Waals surface area contributed by atoms with Gasteiger partial charge in [0.1, 0.15) is 0 Å². The SMILES string of the molecule is O=C(N[C@H](c1ccccn1)[C@H]1CCCN(Cc2cccc(F)c2F)C1)C1CCCC1. The summed E-state index contributed by atoms with van der Waals surface area (Å²) in [5, 5.41) is 3.29. The first-order chi connectivity index (χ1) is 14.6. The zero-order chi connectivity index (χ0) is 20.9. The molecule has 2 heterocycles. The van der Waals surface area contributed by atoms with Crippen molar-refractivity contribution < 1.29 is 13.6 Å². The molecule has 4 nitrogen and oxygen atoms in total. The third kappa shape index (κ3) is 4.86. The number of nitrogens with one attached hydrogen (secondary N) is 1. The Bertz CT molecular complexity index is 855. The molecule has 1 aliphatic heterocycles. The van der Waals surface area contributed by atoms with Crippen molar-refractivity contribution in [2.75, 3.05) is 13.1 Å². The Balaban J connectivity index is 1.49. The van der Waals surface area contributed by atoms with Gasteiger partial charge >= 0.3 is 0 Å². The van der Waals surface area contributed by atoms with Crippen LogP contribution < -0.4 is 5.32 Å². The van der Waals surface area contributed by atoms with Crippen molar-refractivity contribution in [3.63, 3.8) is 0 Å². The minimum atomic E-state index is -0.809. The number of aromatic nitrogens is 1. The van der Waals surface area contributed by atoms with Gasteiger partial charge in [0.25, 0.3) is 0 Å². The summed E-state index contributed by atoms with van der Waals surface area (Å²) < 4.78 is 27.8. The molecule has 4 rings (SSSR count). The number of amides is 1. The molecule has 0 spiro atoms. The molecule has 1 N–H and O–H groups in total. The molecule has 2 fully saturated rings. The summed E-state index contributed by atoms with van der Waals surface area (Å²) in [6, 6.07) is 9.95. The van der Waals surface area contributed by atoms with Gasteiger partial charge in [-0.3, -0.25) is 14.7 Å². The fourth-order valence-corrected chi connectivity index (χ4v) is 4.87. The van der Waals surface area contributed by atoms with Gasteiger partial charge in [0.2, 0.25) is 5.91 Å². The number of benzene rings is 1. The molecule has 1 saturated heterocycles. The molecule has 1 amide bonds. The molecule has 1 saturated carbocycles. The summed E-state index contributed by atoms with van der Waals surface area (Å²) in [6.45, 7) is 1.91. The Morgan fingerprint density at radius 2 is 1.93 bits per heavy atom. The highest BCUT2D eigenvalue weighted by atomic mass is 19.2. The van der Waals surface area contributed by atoms with Gasteiger partial charge in [0.05, 0.1) is 11.7 Å². The van der Waals surface area contributed by atoms with Crippen molar-refractivity contribution in [1.82, 2.24) is 15.2 Å². The van der Waals surface area contributed by atoms with Gasteiger partial charge in [-0.25, -0.2) is 8.78 Å². The molecular formula is C24H29F2N3O. The Kier molecular flexibility index (Phi) is 6.72. The lowest BCUT2D eigenvalue weighted by molar-refractivity contribution is -0.126. The van der Waals surface area contributed by atoms with Crippen LogP contribution in [0.1, 0.15) is 55.8 Å². The van der Waals surface area contributed by atoms with E-state index in [-0.39, 0.29) is 23.8 Å². The zero-order valence-corrected chi connectivity index (χ0v) is 17.2. The van der Waals surface area contributed by atoms with E-state index in [1.807, 2.05) is 18.2 Å². The summed E-state index contributed by atoms with van der Waals surface area (Å²) in [5.41, 5.74) is 1.24. The molecule has 1 aromatic carbocycles. The van der Waals surface area contributed by atoms with E-state index >= 15 is 0 Å². The summed E-state index contributed by atoms with van der Waals surface area (Å²) >= 11 is 0. The van der Waals surface area contributed by atoms with Crippen molar-refractivity contribution in [3.05, 3.63) is 65.5 Å². The topological polar surface area (TPSA) is 45.2 Å². The lowest BCUT2D eigenvalue weighted by Gasteiger charge is -2.37. The minimum Gasteiger partial charge on any atom is -0.347 e. The Hall–Kier alpha value is -2.34. The number of hydrogen-bond acceptors (Lipinski definition) is 3. The highest BCUT2D eigenvalue weighted by Crippen LogP contribution is 2.32. The first kappa shape index (κ1) is 20.9. The summed E-state index contributed by atoms with van der Waals surface area (Å²) in [6.07, 6.45) is 7.81. The summed E-state index contributed by atoms with van der Waals surface area (Å²) in [4.78, 5) is 19.6. The lowest BCUT2D eigenvalue weighted by atomic mass is 9.87. The minimum absolute atomic E-state index is 0.0947. The maximum absolute atomic E-state index is 14.2. The van der Waals surface area contributed by atoms with Gasteiger partial charge in [0.15, 0.2) is 11.6 Å². The van der Waals surface area contributed by atoms with E-state index in [1.165, 1.54) is 0 Å². The molecular weight excluding hydrogens is 384 g/mol. The Labute approximate surface area is 176 Å². The number of likely N-dealkylation sites (tertiary alicyclic amines) is 1. The largest absolute Gasteiger partial charge is 0.347 e. The van der Waals surface area contributed by atoms with Crippen molar-refractivity contribution in [3.8, 4) is 0 Å². The van der Waals surface area contributed by atoms with Crippen LogP contribution in [0.4, 0.5) is 8.78 Å². The Morgan fingerprint density at radius 1 is 1.10 bits per heavy atom. The third-order valence-corrected chi connectivity index (χ3v) is 6.47. The maximum Gasteiger partial charge on any atom is 0.223 e. The Morgan fingerprint density at radius 3 is 2.70 bits per heavy atom. The van der Waals surface area contributed by atoms with E-state index in [1.54, 1.807) is 18.3 Å². The number of nitrogens with zero attached hydrogens (tertiary/aromatic N) is 2. The van der Waals surface area contributed by atoms with Gasteiger partial charge in [0, 0.05) is 30.8 Å². The predicted octanol–water partition coefficient (Wildman–Crippen LogP) is 4.62. The fraction of sp³-hybridized carbons (Fsp3) is 0.500. The van der Waals surface area contributed by atoms with Crippen molar-refractivity contribution in [2.24, 2.45) is 11.8 Å². The molecule has 2 atom stereocenters. The molecule has 1 aromatic heterocycles. The fourth-order valence-electron chi connectivity index (χ4n) is 4.87. The summed E-state index contributed by atoms with van der Waals surface area (Å²) in [5.74, 6) is -1.18. The van der Waals surface area contributed by atoms with Crippen LogP contribution in [0, 0.1) is 23.5 Å². The van der Waals surface area contributed by atoms with E-state index in [9.17, 15) is 13.6 Å². The van der Waals surface area contributed by atoms with Gasteiger partial charge < -0.3 is 5.32 Å². The number of rotatable bonds is 6. The average Bonchev–Trinajstić information content (AvgIpc) is 3.31. The van der Waals surface area contributed by atoms with Crippen molar-refractivity contribution in [1.29, 1.82) is 0 Å². The molecule has 0 unspecified atom stereocenters. The average molecular weight is 414 g/mol. The van der Waals surface area contributed by atoms with Crippen LogP contribution in [-0.2, 0) is 11.3 Å². The first-order valence-electron chi connectivity index (χ1n) is 11.0. The number of halogens is 2. The normalized spacial score (nSPS) is 21.5.